The minimum Gasteiger partial charge on any atom is -0.515 e. The van der Waals surface area contributed by atoms with E-state index in [-0.39, 0.29) is 65.5 Å². The zero-order valence-electron chi connectivity index (χ0n) is 25.4. The first-order chi connectivity index (χ1) is 23.4. The van der Waals surface area contributed by atoms with Gasteiger partial charge < -0.3 is 67.1 Å². The van der Waals surface area contributed by atoms with Crippen LogP contribution in [0.4, 0.5) is 0 Å². The molecule has 20 heteroatoms. The van der Waals surface area contributed by atoms with Gasteiger partial charge in [-0.1, -0.05) is 13.2 Å². The molecule has 0 atom stereocenters. The Labute approximate surface area is 272 Å². The maximum Gasteiger partial charge on any atom is 0.386 e. The Morgan fingerprint density at radius 2 is 0.979 bits per heavy atom. The lowest BCUT2D eigenvalue weighted by molar-refractivity contribution is -0.201. The van der Waals surface area contributed by atoms with Gasteiger partial charge in [0.2, 0.25) is 0 Å². The lowest BCUT2D eigenvalue weighted by atomic mass is 10.1. The fourth-order valence-corrected chi connectivity index (χ4v) is 2.59. The van der Waals surface area contributed by atoms with E-state index >= 15 is 0 Å². The van der Waals surface area contributed by atoms with Gasteiger partial charge in [0.25, 0.3) is 5.76 Å². The topological polar surface area (TPSA) is 238 Å². The maximum atomic E-state index is 12.7. The van der Waals surface area contributed by atoms with Gasteiger partial charge >= 0.3 is 17.9 Å². The highest BCUT2D eigenvalue weighted by atomic mass is 17.2. The molecular formula is C28H34O20. The number of hydrogen-bond donors (Lipinski definition) is 2. The number of aliphatic hydroxyl groups is 2. The number of esters is 2. The van der Waals surface area contributed by atoms with E-state index in [1.54, 1.807) is 0 Å². The second-order valence-corrected chi connectivity index (χ2v) is 7.84. The Balaban J connectivity index is 2.74. The molecule has 0 aromatic heterocycles. The van der Waals surface area contributed by atoms with Crippen molar-refractivity contribution in [1.29, 1.82) is 0 Å². The number of carbonyl (C=O) groups excluding carboxylic acids is 4. The van der Waals surface area contributed by atoms with Crippen molar-refractivity contribution in [3.8, 4) is 0 Å². The van der Waals surface area contributed by atoms with Gasteiger partial charge in [0.05, 0.1) is 47.7 Å². The molecule has 0 aliphatic rings. The monoisotopic (exact) mass is 690 g/mol. The molecule has 266 valence electrons. The first-order valence-corrected chi connectivity index (χ1v) is 13.1. The van der Waals surface area contributed by atoms with Crippen molar-refractivity contribution in [1.82, 2.24) is 0 Å². The van der Waals surface area contributed by atoms with Crippen molar-refractivity contribution in [3.63, 3.8) is 0 Å². The molecule has 0 radical (unpaired) electrons. The summed E-state index contributed by atoms with van der Waals surface area (Å²) in [5.74, 6) is -3.08. The van der Waals surface area contributed by atoms with Crippen LogP contribution in [0.2, 0.25) is 0 Å². The molecule has 0 unspecified atom stereocenters. The molecule has 1 aromatic rings. The Morgan fingerprint density at radius 3 is 1.33 bits per heavy atom. The number of aliphatic hydroxyl groups excluding tert-OH is 2. The lowest BCUT2D eigenvalue weighted by Gasteiger charge is -2.11. The van der Waals surface area contributed by atoms with Crippen LogP contribution in [0.25, 0.3) is 0 Å². The third-order valence-corrected chi connectivity index (χ3v) is 4.64. The summed E-state index contributed by atoms with van der Waals surface area (Å²) < 4.78 is 59.1. The number of ether oxygens (including phenoxy) is 12. The van der Waals surface area contributed by atoms with E-state index in [4.69, 9.17) is 67.1 Å². The van der Waals surface area contributed by atoms with E-state index in [0.717, 1.165) is 18.2 Å². The number of hydrogen-bond acceptors (Lipinski definition) is 20. The molecule has 0 saturated carbocycles. The van der Waals surface area contributed by atoms with Gasteiger partial charge in [-0.3, -0.25) is 4.89 Å². The van der Waals surface area contributed by atoms with Crippen LogP contribution in [0, 0.1) is 0 Å². The van der Waals surface area contributed by atoms with E-state index in [0.29, 0.717) is 6.26 Å². The molecule has 2 N–H and O–H groups in total. The third kappa shape index (κ3) is 18.3. The number of carbonyl (C=O) groups is 3. The fourth-order valence-electron chi connectivity index (χ4n) is 2.59. The zero-order valence-corrected chi connectivity index (χ0v) is 25.4. The summed E-state index contributed by atoms with van der Waals surface area (Å²) in [5, 5.41) is 18.2. The van der Waals surface area contributed by atoms with E-state index in [2.05, 4.69) is 22.9 Å². The minimum atomic E-state index is -1.32. The van der Waals surface area contributed by atoms with Gasteiger partial charge in [-0.05, 0) is 18.2 Å². The highest BCUT2D eigenvalue weighted by molar-refractivity contribution is 6.00. The molecule has 0 aliphatic heterocycles. The standard InChI is InChI=1S/C28H34O20/c1-3-35-11-37-13-39-15-41-17-43-19-45-26(32)21-5-22(27(33)46-20-44-18-42-16-40-14-38-12-36-4-2)7-23(6-21)28(34)48-47-25(10-31)24(8-29)9-30/h3-8,29-30H,1-2,9,11-20H2/b24-8+. The van der Waals surface area contributed by atoms with Crippen LogP contribution in [0.5, 0.6) is 0 Å². The van der Waals surface area contributed by atoms with Crippen LogP contribution in [0.3, 0.4) is 0 Å². The summed E-state index contributed by atoms with van der Waals surface area (Å²) in [4.78, 5) is 58.1. The van der Waals surface area contributed by atoms with Crippen molar-refractivity contribution < 1.29 is 96.0 Å². The van der Waals surface area contributed by atoms with E-state index in [1.807, 2.05) is 0 Å². The Kier molecular flexibility index (Phi) is 23.4. The van der Waals surface area contributed by atoms with Crippen molar-refractivity contribution in [2.24, 2.45) is 0 Å². The highest BCUT2D eigenvalue weighted by Gasteiger charge is 2.21. The second kappa shape index (κ2) is 27.3. The second-order valence-electron chi connectivity index (χ2n) is 7.84. The third-order valence-electron chi connectivity index (χ3n) is 4.64. The molecule has 20 nitrogen and oxygen atoms in total. The summed E-state index contributed by atoms with van der Waals surface area (Å²) in [5.41, 5.74) is -1.61. The largest absolute Gasteiger partial charge is 0.515 e. The van der Waals surface area contributed by atoms with E-state index in [1.165, 1.54) is 18.5 Å². The van der Waals surface area contributed by atoms with Crippen molar-refractivity contribution in [2.45, 2.75) is 0 Å². The molecule has 0 amide bonds. The zero-order chi connectivity index (χ0) is 35.2. The quantitative estimate of drug-likeness (QED) is 0.0176. The molecule has 1 rings (SSSR count). The van der Waals surface area contributed by atoms with E-state index in [9.17, 15) is 19.2 Å². The molecule has 48 heavy (non-hydrogen) atoms. The average molecular weight is 691 g/mol. The molecule has 0 aliphatic carbocycles. The van der Waals surface area contributed by atoms with E-state index < -0.39 is 55.0 Å². The molecule has 0 spiro atoms. The first-order valence-electron chi connectivity index (χ1n) is 13.1. The first kappa shape index (κ1) is 41.2. The van der Waals surface area contributed by atoms with Gasteiger partial charge in [0, 0.05) is 0 Å². The molecule has 0 saturated heterocycles. The molecule has 0 bridgehead atoms. The molecule has 0 heterocycles. The summed E-state index contributed by atoms with van der Waals surface area (Å²) in [6, 6.07) is 2.95. The van der Waals surface area contributed by atoms with Gasteiger partial charge in [-0.2, -0.15) is 0 Å². The lowest BCUT2D eigenvalue weighted by Crippen LogP contribution is -2.16. The van der Waals surface area contributed by atoms with Crippen LogP contribution >= 0.6 is 0 Å². The van der Waals surface area contributed by atoms with Crippen molar-refractivity contribution in [2.75, 3.05) is 74.5 Å². The van der Waals surface area contributed by atoms with Crippen LogP contribution in [-0.2, 0) is 71.4 Å². The van der Waals surface area contributed by atoms with Crippen molar-refractivity contribution in [3.05, 3.63) is 78.2 Å². The predicted octanol–water partition coefficient (Wildman–Crippen LogP) is 1.27. The van der Waals surface area contributed by atoms with Crippen molar-refractivity contribution >= 4 is 23.8 Å². The summed E-state index contributed by atoms with van der Waals surface area (Å²) in [7, 11) is 0. The maximum absolute atomic E-state index is 12.7. The van der Waals surface area contributed by atoms with Crippen LogP contribution in [0.15, 0.2) is 61.5 Å². The molecule has 1 aromatic carbocycles. The van der Waals surface area contributed by atoms with Gasteiger partial charge in [-0.15, -0.1) is 0 Å². The average Bonchev–Trinajstić information content (AvgIpc) is 3.10. The fraction of sp³-hybridized carbons (Fsp3) is 0.393. The normalized spacial score (nSPS) is 10.7. The van der Waals surface area contributed by atoms with Crippen LogP contribution in [-0.4, -0.2) is 109 Å². The van der Waals surface area contributed by atoms with Crippen LogP contribution < -0.4 is 0 Å². The Morgan fingerprint density at radius 1 is 0.604 bits per heavy atom. The van der Waals surface area contributed by atoms with Gasteiger partial charge in [0.15, 0.2) is 73.9 Å². The number of benzene rings is 1. The molecular weight excluding hydrogens is 656 g/mol. The highest BCUT2D eigenvalue weighted by Crippen LogP contribution is 2.16. The molecule has 0 fully saturated rings. The predicted molar refractivity (Wildman–Crippen MR) is 151 cm³/mol. The van der Waals surface area contributed by atoms with Gasteiger partial charge in [0.1, 0.15) is 0 Å². The number of rotatable bonds is 29. The van der Waals surface area contributed by atoms with Gasteiger partial charge in [-0.25, -0.2) is 24.1 Å². The minimum absolute atomic E-state index is 0.0622. The summed E-state index contributed by atoms with van der Waals surface area (Å²) in [6.07, 6.45) is 2.71. The SMILES string of the molecule is C=COCOCOCOCOCOC(=O)c1cc(C(=O)OCOCOCOCOCOC=C)cc(C(=O)OOC(=C=O)/C(=C/O)CO)c1. The summed E-state index contributed by atoms with van der Waals surface area (Å²) >= 11 is 0. The van der Waals surface area contributed by atoms with Crippen LogP contribution in [0.1, 0.15) is 31.1 Å². The summed E-state index contributed by atoms with van der Waals surface area (Å²) in [6.45, 7) is 3.04. The smallest absolute Gasteiger partial charge is 0.386 e. The Bertz CT molecular complexity index is 1150. The Hall–Kier alpha value is -4.86.